The van der Waals surface area contributed by atoms with Gasteiger partial charge in [-0.2, -0.15) is 0 Å². The predicted molar refractivity (Wildman–Crippen MR) is 153 cm³/mol. The number of nitrogens with one attached hydrogen (secondary N) is 1. The number of hydrogen-bond acceptors (Lipinski definition) is 4. The van der Waals surface area contributed by atoms with Crippen LogP contribution in [0.3, 0.4) is 0 Å². The molecule has 0 saturated heterocycles. The van der Waals surface area contributed by atoms with Crippen LogP contribution in [0.4, 0.5) is 15.8 Å². The molecule has 0 radical (unpaired) electrons. The van der Waals surface area contributed by atoms with E-state index >= 15 is 0 Å². The zero-order valence-electron chi connectivity index (χ0n) is 22.3. The molecule has 0 aliphatic carbocycles. The number of rotatable bonds is 5. The molecule has 0 saturated carbocycles. The van der Waals surface area contributed by atoms with E-state index in [9.17, 15) is 9.18 Å². The van der Waals surface area contributed by atoms with Gasteiger partial charge in [0.1, 0.15) is 22.5 Å². The summed E-state index contributed by atoms with van der Waals surface area (Å²) in [4.78, 5) is 16.3. The number of ether oxygens (including phenoxy) is 2. The lowest BCUT2D eigenvalue weighted by atomic mass is 10.1. The Morgan fingerprint density at radius 3 is 2.13 bits per heavy atom. The molecule has 6 heteroatoms. The number of anilines is 2. The maximum Gasteiger partial charge on any atom is 0.345 e. The second-order valence-electron chi connectivity index (χ2n) is 9.84. The zero-order chi connectivity index (χ0) is 27.6. The van der Waals surface area contributed by atoms with Crippen molar-refractivity contribution < 1.29 is 18.7 Å². The molecule has 1 aliphatic heterocycles. The minimum Gasteiger partial charge on any atom is -0.481 e. The highest BCUT2D eigenvalue weighted by Gasteiger charge is 2.38. The molecule has 0 unspecified atom stereocenters. The summed E-state index contributed by atoms with van der Waals surface area (Å²) in [5.41, 5.74) is 3.58. The molecule has 1 N–H and O–H groups in total. The molecular weight excluding hydrogens is 509 g/mol. The van der Waals surface area contributed by atoms with Gasteiger partial charge in [0.15, 0.2) is 26.9 Å². The first-order chi connectivity index (χ1) is 18.7. The molecule has 0 spiro atoms. The minimum atomic E-state index is -1.06. The van der Waals surface area contributed by atoms with Crippen molar-refractivity contribution in [1.29, 1.82) is 0 Å². The van der Waals surface area contributed by atoms with Gasteiger partial charge < -0.3 is 14.8 Å². The summed E-state index contributed by atoms with van der Waals surface area (Å²) in [6, 6.07) is 27.1. The molecule has 0 fully saturated rings. The van der Waals surface area contributed by atoms with Crippen molar-refractivity contribution >= 4 is 28.2 Å². The van der Waals surface area contributed by atoms with Crippen LogP contribution in [0.25, 0.3) is 0 Å². The van der Waals surface area contributed by atoms with E-state index in [0.717, 1.165) is 22.5 Å². The Hall–Kier alpha value is -4.21. The second kappa shape index (κ2) is 10.9. The van der Waals surface area contributed by atoms with Gasteiger partial charge in [-0.3, -0.25) is 0 Å². The molecule has 196 valence electrons. The molecule has 4 aromatic carbocycles. The van der Waals surface area contributed by atoms with Gasteiger partial charge >= 0.3 is 5.97 Å². The van der Waals surface area contributed by atoms with E-state index < -0.39 is 11.6 Å². The second-order valence-corrected chi connectivity index (χ2v) is 11.8. The average Bonchev–Trinajstić information content (AvgIpc) is 2.90. The molecule has 5 rings (SSSR count). The monoisotopic (exact) mass is 538 g/mol. The predicted octanol–water partition coefficient (Wildman–Crippen LogP) is 7.35. The molecule has 0 atom stereocenters. The van der Waals surface area contributed by atoms with Crippen molar-refractivity contribution in [2.24, 2.45) is 0 Å². The fourth-order valence-corrected chi connectivity index (χ4v) is 6.97. The van der Waals surface area contributed by atoms with Gasteiger partial charge in [-0.05, 0) is 81.3 Å². The molecule has 0 aromatic heterocycles. The van der Waals surface area contributed by atoms with Gasteiger partial charge in [0.25, 0.3) is 0 Å². The van der Waals surface area contributed by atoms with Crippen LogP contribution >= 0.6 is 0 Å². The quantitative estimate of drug-likeness (QED) is 0.144. The van der Waals surface area contributed by atoms with Crippen LogP contribution in [0.15, 0.2) is 99.6 Å². The van der Waals surface area contributed by atoms with E-state index in [-0.39, 0.29) is 23.3 Å². The lowest BCUT2D eigenvalue weighted by molar-refractivity contribution is -0.154. The number of fused-ring (bicyclic) bond motifs is 2. The van der Waals surface area contributed by atoms with Gasteiger partial charge in [-0.15, -0.1) is 0 Å². The van der Waals surface area contributed by atoms with Crippen LogP contribution in [0.2, 0.25) is 0 Å². The molecule has 39 heavy (non-hydrogen) atoms. The number of carbonyl (C=O) groups is 1. The highest BCUT2D eigenvalue weighted by atomic mass is 32.2. The Morgan fingerprint density at radius 1 is 0.897 bits per heavy atom. The molecule has 1 aliphatic rings. The topological polar surface area (TPSA) is 47.6 Å². The van der Waals surface area contributed by atoms with Crippen LogP contribution < -0.4 is 10.1 Å². The van der Waals surface area contributed by atoms with E-state index in [4.69, 9.17) is 9.47 Å². The molecule has 0 bridgehead atoms. The lowest BCUT2D eigenvalue weighted by Gasteiger charge is -2.22. The summed E-state index contributed by atoms with van der Waals surface area (Å²) in [6.45, 7) is 7.13. The molecule has 4 nitrogen and oxygen atoms in total. The Balaban J connectivity index is 1.32. The standard InChI is InChI=1S/C33H29FNO3S/c1-22-18-26(39-29-14-7-5-12-27(29)35-28-13-6-8-15-30(28)39)19-23(2)32(22)37-21-31(36)38-33(3,4)17-16-24-10-9-11-25(34)20-24/h5-15,18-20,35H,21H2,1-4H3/q+1. The molecule has 4 aromatic rings. The van der Waals surface area contributed by atoms with Crippen molar-refractivity contribution in [3.8, 4) is 17.6 Å². The van der Waals surface area contributed by atoms with Crippen LogP contribution in [0.5, 0.6) is 5.75 Å². The Morgan fingerprint density at radius 2 is 1.51 bits per heavy atom. The number of esters is 1. The third kappa shape index (κ3) is 5.94. The first-order valence-electron chi connectivity index (χ1n) is 12.6. The molecule has 0 amide bonds. The van der Waals surface area contributed by atoms with Crippen molar-refractivity contribution in [3.05, 3.63) is 107 Å². The number of halogens is 1. The first kappa shape index (κ1) is 26.4. The van der Waals surface area contributed by atoms with Crippen LogP contribution in [0, 0.1) is 31.5 Å². The number of benzene rings is 4. The summed E-state index contributed by atoms with van der Waals surface area (Å²) in [7, 11) is -0.281. The Labute approximate surface area is 231 Å². The zero-order valence-corrected chi connectivity index (χ0v) is 23.1. The van der Waals surface area contributed by atoms with Gasteiger partial charge in [0.2, 0.25) is 0 Å². The van der Waals surface area contributed by atoms with E-state index in [2.05, 4.69) is 65.7 Å². The summed E-state index contributed by atoms with van der Waals surface area (Å²) in [5, 5.41) is 3.56. The number of para-hydroxylation sites is 2. The van der Waals surface area contributed by atoms with Gasteiger partial charge in [-0.25, -0.2) is 9.18 Å². The SMILES string of the molecule is Cc1cc([S+]2c3ccccc3Nc3ccccc32)cc(C)c1OCC(=O)OC(C)(C)C#Cc1cccc(F)c1. The van der Waals surface area contributed by atoms with Gasteiger partial charge in [0, 0.05) is 17.7 Å². The van der Waals surface area contributed by atoms with Gasteiger partial charge in [0.05, 0.1) is 11.4 Å². The van der Waals surface area contributed by atoms with Crippen molar-refractivity contribution in [2.75, 3.05) is 11.9 Å². The maximum absolute atomic E-state index is 13.4. The largest absolute Gasteiger partial charge is 0.481 e. The number of hydrogen-bond donors (Lipinski definition) is 1. The Bertz CT molecular complexity index is 1550. The smallest absolute Gasteiger partial charge is 0.345 e. The highest BCUT2D eigenvalue weighted by Crippen LogP contribution is 2.45. The fraction of sp³-hybridized carbons (Fsp3) is 0.182. The molecule has 1 heterocycles. The highest BCUT2D eigenvalue weighted by molar-refractivity contribution is 7.97. The van der Waals surface area contributed by atoms with E-state index in [1.165, 1.54) is 26.8 Å². The summed E-state index contributed by atoms with van der Waals surface area (Å²) < 4.78 is 24.9. The Kier molecular flexibility index (Phi) is 7.36. The van der Waals surface area contributed by atoms with Crippen molar-refractivity contribution in [3.63, 3.8) is 0 Å². The van der Waals surface area contributed by atoms with Crippen LogP contribution in [0.1, 0.15) is 30.5 Å². The maximum atomic E-state index is 13.4. The summed E-state index contributed by atoms with van der Waals surface area (Å²) in [5.74, 6) is 5.53. The third-order valence-electron chi connectivity index (χ3n) is 6.19. The summed E-state index contributed by atoms with van der Waals surface area (Å²) >= 11 is 0. The van der Waals surface area contributed by atoms with E-state index in [1.54, 1.807) is 26.0 Å². The van der Waals surface area contributed by atoms with Crippen LogP contribution in [-0.2, 0) is 20.4 Å². The van der Waals surface area contributed by atoms with Gasteiger partial charge in [-0.1, -0.05) is 42.2 Å². The minimum absolute atomic E-state index is 0.243. The number of aryl methyl sites for hydroxylation is 2. The molecular formula is C33H29FNO3S+. The first-order valence-corrected chi connectivity index (χ1v) is 13.9. The van der Waals surface area contributed by atoms with Crippen LogP contribution in [-0.4, -0.2) is 18.2 Å². The van der Waals surface area contributed by atoms with Crippen molar-refractivity contribution in [2.45, 2.75) is 48.0 Å². The summed E-state index contributed by atoms with van der Waals surface area (Å²) in [6.07, 6.45) is 0. The normalized spacial score (nSPS) is 12.3. The fourth-order valence-electron chi connectivity index (χ4n) is 4.53. The van der Waals surface area contributed by atoms with E-state index in [0.29, 0.717) is 11.3 Å². The van der Waals surface area contributed by atoms with E-state index in [1.807, 2.05) is 26.0 Å². The van der Waals surface area contributed by atoms with Crippen molar-refractivity contribution in [1.82, 2.24) is 0 Å². The average molecular weight is 539 g/mol. The lowest BCUT2D eigenvalue weighted by Crippen LogP contribution is -2.29. The third-order valence-corrected chi connectivity index (χ3v) is 8.49. The number of carbonyl (C=O) groups excluding carboxylic acids is 1.